The molecule has 1 N–H and O–H groups in total. The van der Waals surface area contributed by atoms with Gasteiger partial charge in [0.2, 0.25) is 0 Å². The monoisotopic (exact) mass is 350 g/mol. The van der Waals surface area contributed by atoms with E-state index < -0.39 is 0 Å². The highest BCUT2D eigenvalue weighted by atomic mass is 127. The molecular formula is C15H15IN2. The molecule has 92 valence electrons. The number of aromatic nitrogens is 1. The molecule has 0 spiro atoms. The van der Waals surface area contributed by atoms with Crippen LogP contribution in [0.4, 0.5) is 5.69 Å². The smallest absolute Gasteiger partial charge is 0.0688 e. The van der Waals surface area contributed by atoms with Gasteiger partial charge < -0.3 is 5.32 Å². The number of pyridine rings is 1. The van der Waals surface area contributed by atoms with Crippen LogP contribution in [0.15, 0.2) is 42.6 Å². The molecule has 0 bridgehead atoms. The average molecular weight is 350 g/mol. The Morgan fingerprint density at radius 1 is 1.22 bits per heavy atom. The first kappa shape index (κ1) is 12.0. The number of aryl methyl sites for hydroxylation is 1. The third-order valence-electron chi connectivity index (χ3n) is 3.36. The van der Waals surface area contributed by atoms with E-state index in [1.165, 1.54) is 26.9 Å². The number of hydrogen-bond acceptors (Lipinski definition) is 2. The van der Waals surface area contributed by atoms with Crippen LogP contribution in [0, 0.1) is 3.57 Å². The molecule has 0 saturated carbocycles. The van der Waals surface area contributed by atoms with Gasteiger partial charge >= 0.3 is 0 Å². The van der Waals surface area contributed by atoms with Crippen molar-refractivity contribution in [3.8, 4) is 0 Å². The molecule has 1 atom stereocenters. The zero-order valence-corrected chi connectivity index (χ0v) is 12.2. The van der Waals surface area contributed by atoms with Crippen molar-refractivity contribution >= 4 is 28.3 Å². The predicted octanol–water partition coefficient (Wildman–Crippen LogP) is 4.18. The van der Waals surface area contributed by atoms with E-state index in [1.54, 1.807) is 0 Å². The molecule has 0 fully saturated rings. The number of nitrogens with one attached hydrogen (secondary N) is 1. The summed E-state index contributed by atoms with van der Waals surface area (Å²) in [4.78, 5) is 4.55. The van der Waals surface area contributed by atoms with Crippen molar-refractivity contribution in [2.45, 2.75) is 25.3 Å². The van der Waals surface area contributed by atoms with Crippen LogP contribution in [-0.4, -0.2) is 4.98 Å². The van der Waals surface area contributed by atoms with Crippen molar-refractivity contribution in [1.82, 2.24) is 4.98 Å². The minimum atomic E-state index is 0.355. The van der Waals surface area contributed by atoms with Gasteiger partial charge in [0, 0.05) is 15.5 Å². The van der Waals surface area contributed by atoms with E-state index in [2.05, 4.69) is 63.2 Å². The quantitative estimate of drug-likeness (QED) is 0.822. The Morgan fingerprint density at radius 2 is 2.17 bits per heavy atom. The number of hydrogen-bond donors (Lipinski definition) is 1. The van der Waals surface area contributed by atoms with Crippen molar-refractivity contribution in [3.63, 3.8) is 0 Å². The lowest BCUT2D eigenvalue weighted by atomic mass is 9.92. The first-order chi connectivity index (χ1) is 8.83. The minimum absolute atomic E-state index is 0.355. The molecule has 3 rings (SSSR count). The number of fused-ring (bicyclic) bond motifs is 1. The van der Waals surface area contributed by atoms with E-state index in [0.29, 0.717) is 6.04 Å². The van der Waals surface area contributed by atoms with Gasteiger partial charge in [0.05, 0.1) is 11.7 Å². The lowest BCUT2D eigenvalue weighted by molar-refractivity contribution is 0.583. The molecule has 0 radical (unpaired) electrons. The summed E-state index contributed by atoms with van der Waals surface area (Å²) in [6.07, 6.45) is 5.46. The van der Waals surface area contributed by atoms with Gasteiger partial charge in [-0.1, -0.05) is 12.1 Å². The van der Waals surface area contributed by atoms with Gasteiger partial charge in [0.25, 0.3) is 0 Å². The van der Waals surface area contributed by atoms with Gasteiger partial charge in [-0.05, 0) is 71.7 Å². The summed E-state index contributed by atoms with van der Waals surface area (Å²) in [5, 5.41) is 3.61. The second-order valence-electron chi connectivity index (χ2n) is 4.65. The maximum absolute atomic E-state index is 4.55. The molecular weight excluding hydrogens is 335 g/mol. The topological polar surface area (TPSA) is 24.9 Å². The van der Waals surface area contributed by atoms with Gasteiger partial charge in [0.1, 0.15) is 0 Å². The highest BCUT2D eigenvalue weighted by Crippen LogP contribution is 2.31. The van der Waals surface area contributed by atoms with E-state index in [1.807, 2.05) is 12.3 Å². The minimum Gasteiger partial charge on any atom is -0.377 e. The molecule has 2 aromatic rings. The molecule has 2 nitrogen and oxygen atoms in total. The molecule has 1 heterocycles. The largest absolute Gasteiger partial charge is 0.377 e. The Hall–Kier alpha value is -1.10. The maximum atomic E-state index is 4.55. The van der Waals surface area contributed by atoms with Crippen LogP contribution in [0.2, 0.25) is 0 Å². The first-order valence-electron chi connectivity index (χ1n) is 6.29. The van der Waals surface area contributed by atoms with E-state index >= 15 is 0 Å². The fraction of sp³-hybridized carbons (Fsp3) is 0.267. The fourth-order valence-corrected chi connectivity index (χ4v) is 3.07. The van der Waals surface area contributed by atoms with Crippen LogP contribution in [0.5, 0.6) is 0 Å². The highest BCUT2D eigenvalue weighted by Gasteiger charge is 2.20. The Balaban J connectivity index is 1.86. The second-order valence-corrected chi connectivity index (χ2v) is 5.89. The summed E-state index contributed by atoms with van der Waals surface area (Å²) in [5.41, 5.74) is 3.81. The molecule has 1 aromatic heterocycles. The number of rotatable bonds is 2. The molecule has 1 aliphatic rings. The standard InChI is InChI=1S/C15H15IN2/c16-12-6-2-7-13(10-12)18-14-8-1-4-11-5-3-9-17-15(11)14/h2-3,5-7,9-10,14,18H,1,4,8H2. The summed E-state index contributed by atoms with van der Waals surface area (Å²) >= 11 is 2.34. The van der Waals surface area contributed by atoms with Crippen molar-refractivity contribution in [3.05, 3.63) is 57.4 Å². The molecule has 3 heteroatoms. The Morgan fingerprint density at radius 3 is 3.06 bits per heavy atom. The SMILES string of the molecule is Ic1cccc(NC2CCCc3cccnc32)c1. The highest BCUT2D eigenvalue weighted by molar-refractivity contribution is 14.1. The number of nitrogens with zero attached hydrogens (tertiary/aromatic N) is 1. The van der Waals surface area contributed by atoms with E-state index in [9.17, 15) is 0 Å². The van der Waals surface area contributed by atoms with Crippen molar-refractivity contribution in [2.24, 2.45) is 0 Å². The van der Waals surface area contributed by atoms with Crippen molar-refractivity contribution < 1.29 is 0 Å². The Kier molecular flexibility index (Phi) is 3.50. The van der Waals surface area contributed by atoms with Gasteiger partial charge in [-0.3, -0.25) is 4.98 Å². The Bertz CT molecular complexity index is 554. The van der Waals surface area contributed by atoms with Crippen LogP contribution in [0.1, 0.15) is 30.1 Å². The summed E-state index contributed by atoms with van der Waals surface area (Å²) in [6.45, 7) is 0. The summed E-state index contributed by atoms with van der Waals surface area (Å²) in [5.74, 6) is 0. The van der Waals surface area contributed by atoms with E-state index in [0.717, 1.165) is 12.8 Å². The number of anilines is 1. The fourth-order valence-electron chi connectivity index (χ4n) is 2.53. The lowest BCUT2D eigenvalue weighted by Crippen LogP contribution is -2.18. The number of benzene rings is 1. The van der Waals surface area contributed by atoms with Crippen LogP contribution >= 0.6 is 22.6 Å². The summed E-state index contributed by atoms with van der Waals surface area (Å²) in [6, 6.07) is 13.1. The molecule has 0 saturated heterocycles. The van der Waals surface area contributed by atoms with Crippen LogP contribution < -0.4 is 5.32 Å². The zero-order valence-electron chi connectivity index (χ0n) is 10.1. The van der Waals surface area contributed by atoms with Crippen LogP contribution in [0.3, 0.4) is 0 Å². The van der Waals surface area contributed by atoms with E-state index in [4.69, 9.17) is 0 Å². The summed E-state index contributed by atoms with van der Waals surface area (Å²) < 4.78 is 1.26. The molecule has 1 unspecified atom stereocenters. The van der Waals surface area contributed by atoms with Crippen molar-refractivity contribution in [2.75, 3.05) is 5.32 Å². The summed E-state index contributed by atoms with van der Waals surface area (Å²) in [7, 11) is 0. The van der Waals surface area contributed by atoms with Gasteiger partial charge in [-0.25, -0.2) is 0 Å². The maximum Gasteiger partial charge on any atom is 0.0688 e. The van der Waals surface area contributed by atoms with Crippen molar-refractivity contribution in [1.29, 1.82) is 0 Å². The molecule has 0 amide bonds. The second kappa shape index (κ2) is 5.26. The average Bonchev–Trinajstić information content (AvgIpc) is 2.39. The first-order valence-corrected chi connectivity index (χ1v) is 7.37. The molecule has 0 aliphatic heterocycles. The molecule has 18 heavy (non-hydrogen) atoms. The van der Waals surface area contributed by atoms with Gasteiger partial charge in [-0.15, -0.1) is 0 Å². The number of halogens is 1. The van der Waals surface area contributed by atoms with Crippen LogP contribution in [-0.2, 0) is 6.42 Å². The third-order valence-corrected chi connectivity index (χ3v) is 4.03. The molecule has 1 aromatic carbocycles. The molecule has 1 aliphatic carbocycles. The lowest BCUT2D eigenvalue weighted by Gasteiger charge is -2.26. The van der Waals surface area contributed by atoms with Gasteiger partial charge in [0.15, 0.2) is 0 Å². The van der Waals surface area contributed by atoms with Gasteiger partial charge in [-0.2, -0.15) is 0 Å². The van der Waals surface area contributed by atoms with Crippen LogP contribution in [0.25, 0.3) is 0 Å². The Labute approximate surface area is 121 Å². The third kappa shape index (κ3) is 2.51. The predicted molar refractivity (Wildman–Crippen MR) is 82.7 cm³/mol. The normalized spacial score (nSPS) is 18.2. The zero-order chi connectivity index (χ0) is 12.4. The van der Waals surface area contributed by atoms with E-state index in [-0.39, 0.29) is 0 Å².